The summed E-state index contributed by atoms with van der Waals surface area (Å²) in [5.74, 6) is 0.117. The Labute approximate surface area is 121 Å². The van der Waals surface area contributed by atoms with Gasteiger partial charge in [-0.3, -0.25) is 9.59 Å². The molecule has 0 aromatic heterocycles. The summed E-state index contributed by atoms with van der Waals surface area (Å²) in [5, 5.41) is 6.85. The van der Waals surface area contributed by atoms with E-state index in [0.717, 1.165) is 24.2 Å². The van der Waals surface area contributed by atoms with Crippen molar-refractivity contribution in [2.24, 2.45) is 0 Å². The summed E-state index contributed by atoms with van der Waals surface area (Å²) in [7, 11) is 0. The Morgan fingerprint density at radius 2 is 1.15 bits per heavy atom. The third kappa shape index (κ3) is 6.04. The van der Waals surface area contributed by atoms with Gasteiger partial charge in [-0.05, 0) is 52.7 Å². The fraction of sp³-hybridized carbons (Fsp3) is 0.625. The SMILES string of the molecule is CC(=O)/C=C(\C)NC1CCCCC1N/C(C)=C/C(C)=O. The smallest absolute Gasteiger partial charge is 0.154 e. The first-order valence-corrected chi connectivity index (χ1v) is 7.29. The molecule has 2 N–H and O–H groups in total. The molecule has 1 aliphatic carbocycles. The van der Waals surface area contributed by atoms with Gasteiger partial charge >= 0.3 is 0 Å². The van der Waals surface area contributed by atoms with Crippen molar-refractivity contribution in [3.8, 4) is 0 Å². The van der Waals surface area contributed by atoms with E-state index in [-0.39, 0.29) is 11.6 Å². The topological polar surface area (TPSA) is 58.2 Å². The molecule has 0 spiro atoms. The van der Waals surface area contributed by atoms with E-state index in [1.54, 1.807) is 26.0 Å². The summed E-state index contributed by atoms with van der Waals surface area (Å²) in [6.07, 6.45) is 7.80. The third-order valence-electron chi connectivity index (χ3n) is 3.43. The van der Waals surface area contributed by atoms with Gasteiger partial charge in [0.25, 0.3) is 0 Å². The van der Waals surface area contributed by atoms with E-state index >= 15 is 0 Å². The summed E-state index contributed by atoms with van der Waals surface area (Å²) >= 11 is 0. The van der Waals surface area contributed by atoms with Crippen LogP contribution in [-0.2, 0) is 9.59 Å². The maximum absolute atomic E-state index is 11.1. The van der Waals surface area contributed by atoms with Gasteiger partial charge in [0, 0.05) is 23.5 Å². The van der Waals surface area contributed by atoms with Gasteiger partial charge in [-0.15, -0.1) is 0 Å². The van der Waals surface area contributed by atoms with Crippen molar-refractivity contribution >= 4 is 11.6 Å². The zero-order chi connectivity index (χ0) is 15.1. The lowest BCUT2D eigenvalue weighted by atomic mass is 9.90. The average molecular weight is 278 g/mol. The summed E-state index contributed by atoms with van der Waals surface area (Å²) in [6.45, 7) is 6.96. The highest BCUT2D eigenvalue weighted by molar-refractivity contribution is 5.88. The maximum Gasteiger partial charge on any atom is 0.154 e. The summed E-state index contributed by atoms with van der Waals surface area (Å²) in [4.78, 5) is 22.2. The fourth-order valence-corrected chi connectivity index (χ4v) is 2.75. The molecule has 4 nitrogen and oxygen atoms in total. The van der Waals surface area contributed by atoms with Crippen molar-refractivity contribution in [1.82, 2.24) is 10.6 Å². The second kappa shape index (κ2) is 7.88. The standard InChI is InChI=1S/C16H26N2O2/c1-11(9-13(3)19)17-15-7-5-6-8-16(15)18-12(2)10-14(4)20/h9-10,15-18H,5-8H2,1-4H3/b11-9+,12-10+. The quantitative estimate of drug-likeness (QED) is 0.733. The van der Waals surface area contributed by atoms with Crippen LogP contribution in [0.1, 0.15) is 53.4 Å². The molecule has 1 aliphatic rings. The normalized spacial score (nSPS) is 24.2. The Morgan fingerprint density at radius 3 is 1.45 bits per heavy atom. The molecule has 0 saturated heterocycles. The molecule has 0 heterocycles. The molecule has 0 amide bonds. The van der Waals surface area contributed by atoms with E-state index in [4.69, 9.17) is 0 Å². The minimum Gasteiger partial charge on any atom is -0.384 e. The molecule has 112 valence electrons. The monoisotopic (exact) mass is 278 g/mol. The van der Waals surface area contributed by atoms with E-state index in [9.17, 15) is 9.59 Å². The van der Waals surface area contributed by atoms with Gasteiger partial charge in [0.2, 0.25) is 0 Å². The number of hydrogen-bond donors (Lipinski definition) is 2. The van der Waals surface area contributed by atoms with Gasteiger partial charge in [-0.1, -0.05) is 12.8 Å². The molecule has 1 saturated carbocycles. The Morgan fingerprint density at radius 1 is 0.800 bits per heavy atom. The molecule has 0 aliphatic heterocycles. The van der Waals surface area contributed by atoms with Crippen molar-refractivity contribution in [3.05, 3.63) is 23.5 Å². The number of ketones is 2. The molecule has 1 rings (SSSR count). The van der Waals surface area contributed by atoms with Gasteiger partial charge in [-0.25, -0.2) is 0 Å². The molecule has 0 radical (unpaired) electrons. The third-order valence-corrected chi connectivity index (χ3v) is 3.43. The van der Waals surface area contributed by atoms with Crippen molar-refractivity contribution in [3.63, 3.8) is 0 Å². The predicted octanol–water partition coefficient (Wildman–Crippen LogP) is 2.46. The molecule has 0 aromatic carbocycles. The zero-order valence-electron chi connectivity index (χ0n) is 13.0. The Kier molecular flexibility index (Phi) is 6.49. The van der Waals surface area contributed by atoms with Gasteiger partial charge < -0.3 is 10.6 Å². The number of carbonyl (C=O) groups is 2. The molecule has 2 unspecified atom stereocenters. The van der Waals surface area contributed by atoms with Gasteiger partial charge in [0.1, 0.15) is 0 Å². The first-order chi connectivity index (χ1) is 9.38. The minimum absolute atomic E-state index is 0.0583. The number of allylic oxidation sites excluding steroid dienone is 4. The second-order valence-corrected chi connectivity index (χ2v) is 5.66. The maximum atomic E-state index is 11.1. The highest BCUT2D eigenvalue weighted by Gasteiger charge is 2.24. The second-order valence-electron chi connectivity index (χ2n) is 5.66. The fourth-order valence-electron chi connectivity index (χ4n) is 2.75. The van der Waals surface area contributed by atoms with Gasteiger partial charge in [0.05, 0.1) is 0 Å². The first-order valence-electron chi connectivity index (χ1n) is 7.29. The Bertz CT molecular complexity index is 384. The van der Waals surface area contributed by atoms with Gasteiger partial charge in [-0.2, -0.15) is 0 Å². The van der Waals surface area contributed by atoms with Crippen LogP contribution in [0, 0.1) is 0 Å². The number of nitrogens with one attached hydrogen (secondary N) is 2. The minimum atomic E-state index is 0.0583. The van der Waals surface area contributed by atoms with Crippen LogP contribution < -0.4 is 10.6 Å². The van der Waals surface area contributed by atoms with Crippen LogP contribution in [0.4, 0.5) is 0 Å². The number of rotatable bonds is 6. The molecule has 2 atom stereocenters. The van der Waals surface area contributed by atoms with Crippen LogP contribution in [0.2, 0.25) is 0 Å². The summed E-state index contributed by atoms with van der Waals surface area (Å²) < 4.78 is 0. The van der Waals surface area contributed by atoms with Gasteiger partial charge in [0.15, 0.2) is 11.6 Å². The van der Waals surface area contributed by atoms with E-state index in [0.29, 0.717) is 12.1 Å². The lowest BCUT2D eigenvalue weighted by Gasteiger charge is -2.34. The van der Waals surface area contributed by atoms with E-state index in [1.807, 2.05) is 13.8 Å². The molecule has 20 heavy (non-hydrogen) atoms. The van der Waals surface area contributed by atoms with Crippen molar-refractivity contribution in [2.75, 3.05) is 0 Å². The molecular formula is C16H26N2O2. The average Bonchev–Trinajstić information content (AvgIpc) is 2.29. The molecular weight excluding hydrogens is 252 g/mol. The van der Waals surface area contributed by atoms with E-state index < -0.39 is 0 Å². The van der Waals surface area contributed by atoms with Crippen LogP contribution in [0.5, 0.6) is 0 Å². The van der Waals surface area contributed by atoms with Crippen LogP contribution >= 0.6 is 0 Å². The van der Waals surface area contributed by atoms with Crippen LogP contribution in [0.3, 0.4) is 0 Å². The van der Waals surface area contributed by atoms with Crippen LogP contribution in [-0.4, -0.2) is 23.7 Å². The van der Waals surface area contributed by atoms with E-state index in [1.165, 1.54) is 12.8 Å². The summed E-state index contributed by atoms with van der Waals surface area (Å²) in [6, 6.07) is 0.601. The van der Waals surface area contributed by atoms with E-state index in [2.05, 4.69) is 10.6 Å². The Balaban J connectivity index is 2.67. The molecule has 0 bridgehead atoms. The van der Waals surface area contributed by atoms with Crippen LogP contribution in [0.15, 0.2) is 23.5 Å². The summed E-state index contributed by atoms with van der Waals surface area (Å²) in [5.41, 5.74) is 1.81. The molecule has 4 heteroatoms. The number of hydrogen-bond acceptors (Lipinski definition) is 4. The zero-order valence-corrected chi connectivity index (χ0v) is 13.0. The van der Waals surface area contributed by atoms with Crippen molar-refractivity contribution in [1.29, 1.82) is 0 Å². The largest absolute Gasteiger partial charge is 0.384 e. The number of carbonyl (C=O) groups excluding carboxylic acids is 2. The van der Waals surface area contributed by atoms with Crippen molar-refractivity contribution < 1.29 is 9.59 Å². The van der Waals surface area contributed by atoms with Crippen molar-refractivity contribution in [2.45, 2.75) is 65.5 Å². The highest BCUT2D eigenvalue weighted by atomic mass is 16.1. The lowest BCUT2D eigenvalue weighted by molar-refractivity contribution is -0.113. The molecule has 0 aromatic rings. The molecule has 1 fully saturated rings. The predicted molar refractivity (Wildman–Crippen MR) is 81.2 cm³/mol. The highest BCUT2D eigenvalue weighted by Crippen LogP contribution is 2.20. The first kappa shape index (κ1) is 16.5. The lowest BCUT2D eigenvalue weighted by Crippen LogP contribution is -2.48. The van der Waals surface area contributed by atoms with Crippen LogP contribution in [0.25, 0.3) is 0 Å². The Hall–Kier alpha value is -1.58.